The van der Waals surface area contributed by atoms with Gasteiger partial charge in [0.25, 0.3) is 5.91 Å². The molecule has 0 spiro atoms. The molecule has 2 aromatic heterocycles. The molecule has 0 saturated carbocycles. The van der Waals surface area contributed by atoms with Gasteiger partial charge in [0.1, 0.15) is 0 Å². The van der Waals surface area contributed by atoms with Crippen molar-refractivity contribution in [2.75, 3.05) is 5.32 Å². The fourth-order valence-electron chi connectivity index (χ4n) is 2.09. The lowest BCUT2D eigenvalue weighted by Gasteiger charge is -2.05. The van der Waals surface area contributed by atoms with Crippen molar-refractivity contribution in [1.29, 1.82) is 0 Å². The van der Waals surface area contributed by atoms with E-state index in [9.17, 15) is 4.79 Å². The lowest BCUT2D eigenvalue weighted by atomic mass is 10.2. The number of pyridine rings is 1. The van der Waals surface area contributed by atoms with Gasteiger partial charge in [-0.1, -0.05) is 0 Å². The van der Waals surface area contributed by atoms with Crippen LogP contribution in [0.1, 0.15) is 28.0 Å². The molecule has 0 atom stereocenters. The first-order valence-corrected chi connectivity index (χ1v) is 6.58. The van der Waals surface area contributed by atoms with E-state index in [0.29, 0.717) is 5.56 Å². The Morgan fingerprint density at radius 3 is 3.18 bits per heavy atom. The molecule has 0 aromatic carbocycles. The number of carbonyl (C=O) groups is 1. The summed E-state index contributed by atoms with van der Waals surface area (Å²) in [6.07, 6.45) is 5.05. The number of aromatic nitrogens is 1. The third-order valence-electron chi connectivity index (χ3n) is 2.96. The molecule has 3 nitrogen and oxygen atoms in total. The third-order valence-corrected chi connectivity index (χ3v) is 3.64. The number of nitrogens with one attached hydrogen (secondary N) is 1. The van der Waals surface area contributed by atoms with Crippen LogP contribution < -0.4 is 5.32 Å². The maximum absolute atomic E-state index is 11.8. The molecule has 4 heteroatoms. The molecule has 0 radical (unpaired) electrons. The second-order valence-corrected chi connectivity index (χ2v) is 4.93. The summed E-state index contributed by atoms with van der Waals surface area (Å²) in [6, 6.07) is 3.86. The molecule has 1 aliphatic carbocycles. The van der Waals surface area contributed by atoms with Gasteiger partial charge in [-0.15, -0.1) is 0 Å². The Kier molecular flexibility index (Phi) is 2.65. The third kappa shape index (κ3) is 2.08. The predicted molar refractivity (Wildman–Crippen MR) is 68.5 cm³/mol. The number of nitrogens with zero attached hydrogens (tertiary/aromatic N) is 1. The van der Waals surface area contributed by atoms with Gasteiger partial charge in [0.15, 0.2) is 0 Å². The minimum atomic E-state index is -0.0639. The predicted octanol–water partition coefficient (Wildman–Crippen LogP) is 2.88. The van der Waals surface area contributed by atoms with Crippen LogP contribution >= 0.6 is 11.3 Å². The Hall–Kier alpha value is -1.68. The first-order chi connectivity index (χ1) is 8.33. The largest absolute Gasteiger partial charge is 0.321 e. The van der Waals surface area contributed by atoms with Gasteiger partial charge in [-0.2, -0.15) is 11.3 Å². The summed E-state index contributed by atoms with van der Waals surface area (Å²) in [4.78, 5) is 16.2. The SMILES string of the molecule is O=C(Nc1cnc2c(c1)CCC2)c1ccsc1. The van der Waals surface area contributed by atoms with Crippen LogP contribution in [0.15, 0.2) is 29.1 Å². The van der Waals surface area contributed by atoms with E-state index in [2.05, 4.69) is 10.3 Å². The monoisotopic (exact) mass is 244 g/mol. The first kappa shape index (κ1) is 10.5. The Labute approximate surface area is 104 Å². The molecule has 1 amide bonds. The highest BCUT2D eigenvalue weighted by Crippen LogP contribution is 2.22. The lowest BCUT2D eigenvalue weighted by Crippen LogP contribution is -2.11. The summed E-state index contributed by atoms with van der Waals surface area (Å²) in [5.74, 6) is -0.0639. The van der Waals surface area contributed by atoms with E-state index in [1.54, 1.807) is 6.20 Å². The van der Waals surface area contributed by atoms with Gasteiger partial charge in [-0.25, -0.2) is 0 Å². The summed E-state index contributed by atoms with van der Waals surface area (Å²) in [7, 11) is 0. The van der Waals surface area contributed by atoms with Crippen molar-refractivity contribution in [2.45, 2.75) is 19.3 Å². The first-order valence-electron chi connectivity index (χ1n) is 5.64. The molecule has 86 valence electrons. The topological polar surface area (TPSA) is 42.0 Å². The minimum absolute atomic E-state index is 0.0639. The fraction of sp³-hybridized carbons (Fsp3) is 0.231. The number of hydrogen-bond donors (Lipinski definition) is 1. The number of amides is 1. The zero-order valence-corrected chi connectivity index (χ0v) is 10.1. The molecule has 0 saturated heterocycles. The van der Waals surface area contributed by atoms with Crippen LogP contribution in [0.3, 0.4) is 0 Å². The van der Waals surface area contributed by atoms with Crippen molar-refractivity contribution in [2.24, 2.45) is 0 Å². The molecular formula is C13H12N2OS. The Morgan fingerprint density at radius 1 is 1.41 bits per heavy atom. The maximum atomic E-state index is 11.8. The van der Waals surface area contributed by atoms with E-state index in [1.165, 1.54) is 29.0 Å². The molecule has 0 fully saturated rings. The summed E-state index contributed by atoms with van der Waals surface area (Å²) in [5, 5.41) is 6.62. The Balaban J connectivity index is 1.80. The van der Waals surface area contributed by atoms with Crippen LogP contribution in [0.4, 0.5) is 5.69 Å². The van der Waals surface area contributed by atoms with Crippen molar-refractivity contribution >= 4 is 22.9 Å². The molecule has 0 bridgehead atoms. The minimum Gasteiger partial charge on any atom is -0.321 e. The smallest absolute Gasteiger partial charge is 0.256 e. The van der Waals surface area contributed by atoms with Gasteiger partial charge in [-0.3, -0.25) is 9.78 Å². The summed E-state index contributed by atoms with van der Waals surface area (Å²) in [6.45, 7) is 0. The van der Waals surface area contributed by atoms with Gasteiger partial charge >= 0.3 is 0 Å². The molecule has 2 heterocycles. The van der Waals surface area contributed by atoms with Crippen molar-refractivity contribution in [3.8, 4) is 0 Å². The van der Waals surface area contributed by atoms with Crippen molar-refractivity contribution in [3.05, 3.63) is 45.9 Å². The van der Waals surface area contributed by atoms with E-state index in [-0.39, 0.29) is 5.91 Å². The van der Waals surface area contributed by atoms with E-state index in [4.69, 9.17) is 0 Å². The molecule has 0 unspecified atom stereocenters. The highest BCUT2D eigenvalue weighted by atomic mass is 32.1. The van der Waals surface area contributed by atoms with Gasteiger partial charge in [0, 0.05) is 11.1 Å². The van der Waals surface area contributed by atoms with E-state index in [0.717, 1.165) is 18.5 Å². The van der Waals surface area contributed by atoms with Crippen molar-refractivity contribution < 1.29 is 4.79 Å². The standard InChI is InChI=1S/C13H12N2OS/c16-13(10-4-5-17-8-10)15-11-6-9-2-1-3-12(9)14-7-11/h4-8H,1-3H2,(H,15,16). The second kappa shape index (κ2) is 4.30. The molecule has 1 aliphatic rings. The number of thiophene rings is 1. The average molecular weight is 244 g/mol. The van der Waals surface area contributed by atoms with E-state index >= 15 is 0 Å². The maximum Gasteiger partial charge on any atom is 0.256 e. The summed E-state index contributed by atoms with van der Waals surface area (Å²) >= 11 is 1.52. The van der Waals surface area contributed by atoms with Crippen molar-refractivity contribution in [1.82, 2.24) is 4.98 Å². The highest BCUT2D eigenvalue weighted by Gasteiger charge is 2.13. The lowest BCUT2D eigenvalue weighted by molar-refractivity contribution is 0.102. The van der Waals surface area contributed by atoms with Crippen molar-refractivity contribution in [3.63, 3.8) is 0 Å². The fourth-order valence-corrected chi connectivity index (χ4v) is 2.73. The quantitative estimate of drug-likeness (QED) is 0.882. The molecular weight excluding hydrogens is 232 g/mol. The van der Waals surface area contributed by atoms with Gasteiger partial charge in [0.05, 0.1) is 17.4 Å². The molecule has 0 aliphatic heterocycles. The van der Waals surface area contributed by atoms with Crippen LogP contribution in [-0.2, 0) is 12.8 Å². The van der Waals surface area contributed by atoms with Crippen LogP contribution in [0.25, 0.3) is 0 Å². The number of rotatable bonds is 2. The van der Waals surface area contributed by atoms with E-state index < -0.39 is 0 Å². The number of anilines is 1. The molecule has 3 rings (SSSR count). The molecule has 1 N–H and O–H groups in total. The summed E-state index contributed by atoms with van der Waals surface area (Å²) < 4.78 is 0. The Morgan fingerprint density at radius 2 is 2.35 bits per heavy atom. The second-order valence-electron chi connectivity index (χ2n) is 4.15. The van der Waals surface area contributed by atoms with E-state index in [1.807, 2.05) is 22.9 Å². The average Bonchev–Trinajstić information content (AvgIpc) is 2.99. The van der Waals surface area contributed by atoms with Crippen LogP contribution in [-0.4, -0.2) is 10.9 Å². The van der Waals surface area contributed by atoms with Gasteiger partial charge in [0.2, 0.25) is 0 Å². The summed E-state index contributed by atoms with van der Waals surface area (Å²) in [5.41, 5.74) is 3.95. The zero-order chi connectivity index (χ0) is 11.7. The number of fused-ring (bicyclic) bond motifs is 1. The van der Waals surface area contributed by atoms with Gasteiger partial charge in [-0.05, 0) is 42.3 Å². The van der Waals surface area contributed by atoms with Crippen LogP contribution in [0, 0.1) is 0 Å². The zero-order valence-electron chi connectivity index (χ0n) is 9.27. The molecule has 17 heavy (non-hydrogen) atoms. The van der Waals surface area contributed by atoms with Crippen LogP contribution in [0.2, 0.25) is 0 Å². The van der Waals surface area contributed by atoms with Crippen LogP contribution in [0.5, 0.6) is 0 Å². The Bertz CT molecular complexity index is 549. The number of aryl methyl sites for hydroxylation is 2. The normalized spacial score (nSPS) is 13.4. The number of carbonyl (C=O) groups excluding carboxylic acids is 1. The number of hydrogen-bond acceptors (Lipinski definition) is 3. The highest BCUT2D eigenvalue weighted by molar-refractivity contribution is 7.08. The van der Waals surface area contributed by atoms with Gasteiger partial charge < -0.3 is 5.32 Å². The molecule has 2 aromatic rings.